The molecule has 0 saturated carbocycles. The second-order valence-electron chi connectivity index (χ2n) is 5.31. The third-order valence-corrected chi connectivity index (χ3v) is 3.97. The van der Waals surface area contributed by atoms with E-state index < -0.39 is 5.91 Å². The van der Waals surface area contributed by atoms with Crippen molar-refractivity contribution < 1.29 is 13.9 Å². The molecule has 112 valence electrons. The number of nitrogens with two attached hydrogens (primary N) is 1. The van der Waals surface area contributed by atoms with E-state index in [1.807, 2.05) is 31.3 Å². The molecule has 1 amide bonds. The van der Waals surface area contributed by atoms with Gasteiger partial charge in [0.05, 0.1) is 6.61 Å². The summed E-state index contributed by atoms with van der Waals surface area (Å²) < 4.78 is 11.1. The molecular formula is C15H19N3O3. The molecule has 6 nitrogen and oxygen atoms in total. The first-order valence-corrected chi connectivity index (χ1v) is 7.00. The third kappa shape index (κ3) is 2.65. The van der Waals surface area contributed by atoms with E-state index in [1.54, 1.807) is 0 Å². The highest BCUT2D eigenvalue weighted by atomic mass is 16.5. The van der Waals surface area contributed by atoms with Gasteiger partial charge in [-0.1, -0.05) is 18.2 Å². The Hall–Kier alpha value is -1.89. The molecule has 2 heterocycles. The van der Waals surface area contributed by atoms with Crippen molar-refractivity contribution in [2.24, 2.45) is 5.84 Å². The number of amides is 1. The summed E-state index contributed by atoms with van der Waals surface area (Å²) in [6, 6.07) is 8.00. The summed E-state index contributed by atoms with van der Waals surface area (Å²) in [5, 5.41) is 0.946. The highest BCUT2D eigenvalue weighted by Gasteiger charge is 2.25. The average Bonchev–Trinajstić information content (AvgIpc) is 3.15. The Kier molecular flexibility index (Phi) is 3.92. The number of nitrogen functional groups attached to an aromatic ring is 1. The van der Waals surface area contributed by atoms with Gasteiger partial charge in [-0.3, -0.25) is 15.1 Å². The highest BCUT2D eigenvalue weighted by molar-refractivity contribution is 5.98. The zero-order valence-electron chi connectivity index (χ0n) is 12.0. The van der Waals surface area contributed by atoms with E-state index in [0.717, 1.165) is 30.6 Å². The van der Waals surface area contributed by atoms with Crippen LogP contribution >= 0.6 is 0 Å². The fourth-order valence-electron chi connectivity index (χ4n) is 2.75. The van der Waals surface area contributed by atoms with Crippen molar-refractivity contribution in [3.8, 4) is 0 Å². The number of fused-ring (bicyclic) bond motifs is 1. The molecule has 1 aromatic carbocycles. The lowest BCUT2D eigenvalue weighted by molar-refractivity contribution is 0.0924. The number of hydrazine groups is 1. The molecular weight excluding hydrogens is 270 g/mol. The SMILES string of the molecule is CN(Cc1c(C(=O)NN)oc2ccccc12)C1CCOC1. The molecule has 1 unspecified atom stereocenters. The Balaban J connectivity index is 1.96. The Labute approximate surface area is 122 Å². The first-order chi connectivity index (χ1) is 10.2. The second kappa shape index (κ2) is 5.85. The minimum Gasteiger partial charge on any atom is -0.451 e. The summed E-state index contributed by atoms with van der Waals surface area (Å²) in [6.07, 6.45) is 1.00. The van der Waals surface area contributed by atoms with Gasteiger partial charge >= 0.3 is 5.91 Å². The van der Waals surface area contributed by atoms with Gasteiger partial charge in [0.2, 0.25) is 0 Å². The summed E-state index contributed by atoms with van der Waals surface area (Å²) in [5.41, 5.74) is 3.71. The van der Waals surface area contributed by atoms with Crippen LogP contribution in [0.15, 0.2) is 28.7 Å². The van der Waals surface area contributed by atoms with E-state index in [2.05, 4.69) is 10.3 Å². The number of benzene rings is 1. The summed E-state index contributed by atoms with van der Waals surface area (Å²) in [7, 11) is 2.03. The molecule has 1 aliphatic heterocycles. The number of rotatable bonds is 4. The van der Waals surface area contributed by atoms with E-state index >= 15 is 0 Å². The maximum Gasteiger partial charge on any atom is 0.301 e. The molecule has 3 rings (SSSR count). The van der Waals surface area contributed by atoms with E-state index in [-0.39, 0.29) is 5.76 Å². The summed E-state index contributed by atoms with van der Waals surface area (Å²) in [6.45, 7) is 2.13. The second-order valence-corrected chi connectivity index (χ2v) is 5.31. The van der Waals surface area contributed by atoms with Gasteiger partial charge in [0.1, 0.15) is 5.58 Å². The standard InChI is InChI=1S/C15H19N3O3/c1-18(10-6-7-20-9-10)8-12-11-4-2-3-5-13(11)21-14(12)15(19)17-16/h2-5,10H,6-9,16H2,1H3,(H,17,19). The zero-order valence-corrected chi connectivity index (χ0v) is 12.0. The zero-order chi connectivity index (χ0) is 14.8. The highest BCUT2D eigenvalue weighted by Crippen LogP contribution is 2.28. The van der Waals surface area contributed by atoms with Crippen LogP contribution in [-0.2, 0) is 11.3 Å². The van der Waals surface area contributed by atoms with E-state index in [4.69, 9.17) is 15.0 Å². The number of carbonyl (C=O) groups excluding carboxylic acids is 1. The largest absolute Gasteiger partial charge is 0.451 e. The molecule has 21 heavy (non-hydrogen) atoms. The van der Waals surface area contributed by atoms with Crippen molar-refractivity contribution >= 4 is 16.9 Å². The molecule has 0 bridgehead atoms. The lowest BCUT2D eigenvalue weighted by atomic mass is 10.1. The minimum absolute atomic E-state index is 0.282. The van der Waals surface area contributed by atoms with Crippen molar-refractivity contribution in [3.05, 3.63) is 35.6 Å². The van der Waals surface area contributed by atoms with Crippen molar-refractivity contribution in [1.29, 1.82) is 0 Å². The number of nitrogens with one attached hydrogen (secondary N) is 1. The van der Waals surface area contributed by atoms with Crippen molar-refractivity contribution in [1.82, 2.24) is 10.3 Å². The van der Waals surface area contributed by atoms with Crippen LogP contribution in [0.2, 0.25) is 0 Å². The molecule has 0 spiro atoms. The smallest absolute Gasteiger partial charge is 0.301 e. The molecule has 1 fully saturated rings. The molecule has 3 N–H and O–H groups in total. The first kappa shape index (κ1) is 14.1. The number of likely N-dealkylation sites (N-methyl/N-ethyl adjacent to an activating group) is 1. The lowest BCUT2D eigenvalue weighted by Crippen LogP contribution is -2.33. The van der Waals surface area contributed by atoms with Crippen LogP contribution in [0.25, 0.3) is 11.0 Å². The maximum atomic E-state index is 11.9. The molecule has 0 aliphatic carbocycles. The van der Waals surface area contributed by atoms with Crippen LogP contribution in [0, 0.1) is 0 Å². The number of furan rings is 1. The third-order valence-electron chi connectivity index (χ3n) is 3.97. The van der Waals surface area contributed by atoms with Crippen LogP contribution in [0.1, 0.15) is 22.5 Å². The number of hydrogen-bond donors (Lipinski definition) is 2. The van der Waals surface area contributed by atoms with Gasteiger partial charge in [-0.2, -0.15) is 0 Å². The van der Waals surface area contributed by atoms with Crippen molar-refractivity contribution in [2.45, 2.75) is 19.0 Å². The van der Waals surface area contributed by atoms with E-state index in [9.17, 15) is 4.79 Å². The fourth-order valence-corrected chi connectivity index (χ4v) is 2.75. The molecule has 1 atom stereocenters. The van der Waals surface area contributed by atoms with Gasteiger partial charge in [-0.25, -0.2) is 5.84 Å². The van der Waals surface area contributed by atoms with Crippen LogP contribution < -0.4 is 11.3 Å². The molecule has 2 aromatic rings. The molecule has 1 saturated heterocycles. The summed E-state index contributed by atoms with van der Waals surface area (Å²) in [5.74, 6) is 5.13. The molecule has 6 heteroatoms. The summed E-state index contributed by atoms with van der Waals surface area (Å²) in [4.78, 5) is 14.1. The van der Waals surface area contributed by atoms with Gasteiger partial charge in [0.25, 0.3) is 0 Å². The lowest BCUT2D eigenvalue weighted by Gasteiger charge is -2.22. The molecule has 1 aliphatic rings. The van der Waals surface area contributed by atoms with Gasteiger partial charge in [0, 0.05) is 30.1 Å². The Morgan fingerprint density at radius 3 is 3.00 bits per heavy atom. The van der Waals surface area contributed by atoms with Gasteiger partial charge < -0.3 is 9.15 Å². The fraction of sp³-hybridized carbons (Fsp3) is 0.400. The quantitative estimate of drug-likeness (QED) is 0.503. The van der Waals surface area contributed by atoms with Crippen LogP contribution in [-0.4, -0.2) is 37.1 Å². The monoisotopic (exact) mass is 289 g/mol. The summed E-state index contributed by atoms with van der Waals surface area (Å²) >= 11 is 0. The predicted octanol–water partition coefficient (Wildman–Crippen LogP) is 1.26. The Morgan fingerprint density at radius 1 is 1.48 bits per heavy atom. The Bertz CT molecular complexity index is 647. The van der Waals surface area contributed by atoms with Crippen LogP contribution in [0.5, 0.6) is 0 Å². The molecule has 1 aromatic heterocycles. The molecule has 0 radical (unpaired) electrons. The van der Waals surface area contributed by atoms with Gasteiger partial charge in [0.15, 0.2) is 5.76 Å². The minimum atomic E-state index is -0.405. The first-order valence-electron chi connectivity index (χ1n) is 7.00. The maximum absolute atomic E-state index is 11.9. The van der Waals surface area contributed by atoms with Crippen LogP contribution in [0.3, 0.4) is 0 Å². The van der Waals surface area contributed by atoms with Gasteiger partial charge in [-0.15, -0.1) is 0 Å². The number of para-hydroxylation sites is 1. The number of hydrogen-bond acceptors (Lipinski definition) is 5. The van der Waals surface area contributed by atoms with Crippen LogP contribution in [0.4, 0.5) is 0 Å². The van der Waals surface area contributed by atoms with Gasteiger partial charge in [-0.05, 0) is 19.5 Å². The number of ether oxygens (including phenoxy) is 1. The Morgan fingerprint density at radius 2 is 2.29 bits per heavy atom. The predicted molar refractivity (Wildman–Crippen MR) is 78.6 cm³/mol. The normalized spacial score (nSPS) is 18.5. The number of carbonyl (C=O) groups is 1. The average molecular weight is 289 g/mol. The van der Waals surface area contributed by atoms with Crippen molar-refractivity contribution in [3.63, 3.8) is 0 Å². The van der Waals surface area contributed by atoms with E-state index in [0.29, 0.717) is 18.2 Å². The topological polar surface area (TPSA) is 80.7 Å². The van der Waals surface area contributed by atoms with E-state index in [1.165, 1.54) is 0 Å². The number of nitrogens with zero attached hydrogens (tertiary/aromatic N) is 1. The van der Waals surface area contributed by atoms with Crippen molar-refractivity contribution in [2.75, 3.05) is 20.3 Å².